The van der Waals surface area contributed by atoms with Crippen LogP contribution in [-0.4, -0.2) is 48.2 Å². The lowest BCUT2D eigenvalue weighted by molar-refractivity contribution is 0.0898. The minimum atomic E-state index is -0.629. The van der Waals surface area contributed by atoms with E-state index in [0.717, 1.165) is 5.69 Å². The number of nitrogens with zero attached hydrogens (tertiary/aromatic N) is 2. The Morgan fingerprint density at radius 1 is 1.35 bits per heavy atom. The Bertz CT molecular complexity index is 823. The van der Waals surface area contributed by atoms with E-state index in [9.17, 15) is 14.0 Å². The van der Waals surface area contributed by atoms with Crippen molar-refractivity contribution in [3.05, 3.63) is 39.9 Å². The van der Waals surface area contributed by atoms with Gasteiger partial charge in [0.05, 0.1) is 13.7 Å². The molecule has 1 heterocycles. The third-order valence-corrected chi connectivity index (χ3v) is 4.49. The number of carbonyl (C=O) groups is 2. The fraction of sp³-hybridized carbons (Fsp3) is 0.353. The Morgan fingerprint density at radius 3 is 2.65 bits per heavy atom. The van der Waals surface area contributed by atoms with Crippen molar-refractivity contribution in [3.8, 4) is 11.5 Å². The van der Waals surface area contributed by atoms with Gasteiger partial charge >= 0.3 is 0 Å². The predicted octanol–water partition coefficient (Wildman–Crippen LogP) is 2.46. The van der Waals surface area contributed by atoms with Gasteiger partial charge in [0, 0.05) is 18.3 Å². The van der Waals surface area contributed by atoms with Crippen LogP contribution in [0.25, 0.3) is 0 Å². The van der Waals surface area contributed by atoms with Crippen LogP contribution in [0.3, 0.4) is 0 Å². The van der Waals surface area contributed by atoms with E-state index in [0.29, 0.717) is 21.7 Å². The molecule has 26 heavy (non-hydrogen) atoms. The van der Waals surface area contributed by atoms with Crippen molar-refractivity contribution in [3.63, 3.8) is 0 Å². The highest BCUT2D eigenvalue weighted by Crippen LogP contribution is 2.28. The SMILES string of the molecule is COc1cc(C(=O)NCC(=O)c2nc(Br)c(C)n2C)ccc1OCCF. The van der Waals surface area contributed by atoms with Gasteiger partial charge in [-0.2, -0.15) is 0 Å². The lowest BCUT2D eigenvalue weighted by atomic mass is 10.2. The molecule has 0 radical (unpaired) electrons. The maximum Gasteiger partial charge on any atom is 0.251 e. The Kier molecular flexibility index (Phi) is 6.73. The van der Waals surface area contributed by atoms with Gasteiger partial charge in [-0.1, -0.05) is 0 Å². The molecule has 7 nitrogen and oxygen atoms in total. The van der Waals surface area contributed by atoms with Gasteiger partial charge in [0.25, 0.3) is 5.91 Å². The van der Waals surface area contributed by atoms with Crippen LogP contribution in [0, 0.1) is 6.92 Å². The summed E-state index contributed by atoms with van der Waals surface area (Å²) in [6.07, 6.45) is 0. The summed E-state index contributed by atoms with van der Waals surface area (Å²) in [6, 6.07) is 4.50. The second-order valence-electron chi connectivity index (χ2n) is 5.38. The van der Waals surface area contributed by atoms with E-state index in [1.54, 1.807) is 11.6 Å². The summed E-state index contributed by atoms with van der Waals surface area (Å²) in [5.41, 5.74) is 1.10. The maximum atomic E-state index is 12.3. The summed E-state index contributed by atoms with van der Waals surface area (Å²) < 4.78 is 24.8. The molecule has 0 aliphatic rings. The van der Waals surface area contributed by atoms with Crippen LogP contribution in [0.2, 0.25) is 0 Å². The zero-order chi connectivity index (χ0) is 19.3. The summed E-state index contributed by atoms with van der Waals surface area (Å²) in [4.78, 5) is 28.7. The van der Waals surface area contributed by atoms with Gasteiger partial charge in [-0.25, -0.2) is 9.37 Å². The number of Topliss-reactive ketones (excluding diaryl/α,β-unsaturated/α-hetero) is 1. The van der Waals surface area contributed by atoms with Crippen molar-refractivity contribution in [2.24, 2.45) is 7.05 Å². The van der Waals surface area contributed by atoms with Gasteiger partial charge < -0.3 is 19.4 Å². The molecular weight excluding hydrogens is 409 g/mol. The fourth-order valence-electron chi connectivity index (χ4n) is 2.21. The molecule has 0 atom stereocenters. The van der Waals surface area contributed by atoms with Crippen molar-refractivity contribution in [2.45, 2.75) is 6.92 Å². The van der Waals surface area contributed by atoms with Crippen LogP contribution in [0.15, 0.2) is 22.8 Å². The smallest absolute Gasteiger partial charge is 0.251 e. The predicted molar refractivity (Wildman–Crippen MR) is 96.8 cm³/mol. The van der Waals surface area contributed by atoms with Gasteiger partial charge in [-0.15, -0.1) is 0 Å². The highest BCUT2D eigenvalue weighted by atomic mass is 79.9. The Hall–Kier alpha value is -2.42. The lowest BCUT2D eigenvalue weighted by Gasteiger charge is -2.11. The number of ketones is 1. The van der Waals surface area contributed by atoms with Crippen molar-refractivity contribution in [1.82, 2.24) is 14.9 Å². The zero-order valence-corrected chi connectivity index (χ0v) is 16.2. The second kappa shape index (κ2) is 8.79. The summed E-state index contributed by atoms with van der Waals surface area (Å²) >= 11 is 3.27. The normalized spacial score (nSPS) is 10.5. The van der Waals surface area contributed by atoms with Crippen LogP contribution < -0.4 is 14.8 Å². The summed E-state index contributed by atoms with van der Waals surface area (Å²) in [6.45, 7) is 0.897. The van der Waals surface area contributed by atoms with Crippen LogP contribution in [0.5, 0.6) is 11.5 Å². The molecule has 0 saturated carbocycles. The first-order valence-electron chi connectivity index (χ1n) is 7.76. The zero-order valence-electron chi connectivity index (χ0n) is 14.6. The van der Waals surface area contributed by atoms with E-state index >= 15 is 0 Å². The molecule has 2 rings (SSSR count). The molecular formula is C17H19BrFN3O4. The number of ether oxygens (including phenoxy) is 2. The molecule has 1 aromatic carbocycles. The highest BCUT2D eigenvalue weighted by Gasteiger charge is 2.18. The van der Waals surface area contributed by atoms with Crippen LogP contribution in [0.4, 0.5) is 4.39 Å². The first kappa shape index (κ1) is 19.9. The lowest BCUT2D eigenvalue weighted by Crippen LogP contribution is -2.30. The first-order chi connectivity index (χ1) is 12.4. The molecule has 0 bridgehead atoms. The van der Waals surface area contributed by atoms with E-state index < -0.39 is 12.6 Å². The quantitative estimate of drug-likeness (QED) is 0.654. The number of aromatic nitrogens is 2. The molecule has 0 saturated heterocycles. The number of halogens is 2. The van der Waals surface area contributed by atoms with Crippen molar-refractivity contribution in [1.29, 1.82) is 0 Å². The molecule has 0 spiro atoms. The highest BCUT2D eigenvalue weighted by molar-refractivity contribution is 9.10. The molecule has 0 aliphatic carbocycles. The number of amides is 1. The number of hydrogen-bond acceptors (Lipinski definition) is 5. The molecule has 1 aromatic heterocycles. The number of rotatable bonds is 8. The minimum Gasteiger partial charge on any atom is -0.493 e. The fourth-order valence-corrected chi connectivity index (χ4v) is 2.65. The molecule has 2 aromatic rings. The molecule has 0 aliphatic heterocycles. The van der Waals surface area contributed by atoms with E-state index in [1.807, 2.05) is 6.92 Å². The van der Waals surface area contributed by atoms with E-state index in [1.165, 1.54) is 25.3 Å². The molecule has 1 amide bonds. The summed E-state index contributed by atoms with van der Waals surface area (Å²) in [5, 5.41) is 2.55. The number of carbonyl (C=O) groups excluding carboxylic acids is 2. The number of alkyl halides is 1. The number of methoxy groups -OCH3 is 1. The molecule has 0 fully saturated rings. The summed E-state index contributed by atoms with van der Waals surface area (Å²) in [5.74, 6) is 0.137. The van der Waals surface area contributed by atoms with Crippen LogP contribution in [0.1, 0.15) is 26.7 Å². The number of benzene rings is 1. The first-order valence-corrected chi connectivity index (χ1v) is 8.55. The topological polar surface area (TPSA) is 82.5 Å². The maximum absolute atomic E-state index is 12.3. The third kappa shape index (κ3) is 4.40. The molecule has 9 heteroatoms. The Labute approximate surface area is 158 Å². The van der Waals surface area contributed by atoms with E-state index in [4.69, 9.17) is 9.47 Å². The average Bonchev–Trinajstić information content (AvgIpc) is 2.91. The number of nitrogens with one attached hydrogen (secondary N) is 1. The largest absolute Gasteiger partial charge is 0.493 e. The van der Waals surface area contributed by atoms with Crippen LogP contribution in [-0.2, 0) is 7.05 Å². The monoisotopic (exact) mass is 427 g/mol. The molecule has 1 N–H and O–H groups in total. The number of imidazole rings is 1. The van der Waals surface area contributed by atoms with Gasteiger partial charge in [0.1, 0.15) is 17.9 Å². The van der Waals surface area contributed by atoms with Crippen molar-refractivity contribution in [2.75, 3.05) is 26.9 Å². The molecule has 0 unspecified atom stereocenters. The second-order valence-corrected chi connectivity index (χ2v) is 6.13. The average molecular weight is 428 g/mol. The minimum absolute atomic E-state index is 0.102. The Morgan fingerprint density at radius 2 is 2.08 bits per heavy atom. The van der Waals surface area contributed by atoms with Gasteiger partial charge in [0.15, 0.2) is 17.3 Å². The van der Waals surface area contributed by atoms with Gasteiger partial charge in [-0.05, 0) is 41.1 Å². The van der Waals surface area contributed by atoms with Crippen molar-refractivity contribution >= 4 is 27.6 Å². The van der Waals surface area contributed by atoms with Crippen molar-refractivity contribution < 1.29 is 23.5 Å². The Balaban J connectivity index is 2.05. The van der Waals surface area contributed by atoms with Gasteiger partial charge in [0.2, 0.25) is 5.78 Å². The number of hydrogen-bond donors (Lipinski definition) is 1. The third-order valence-electron chi connectivity index (χ3n) is 3.74. The summed E-state index contributed by atoms with van der Waals surface area (Å²) in [7, 11) is 3.15. The standard InChI is InChI=1S/C17H19BrFN3O4/c1-10-15(18)21-16(22(10)2)12(23)9-20-17(24)11-4-5-13(26-7-6-19)14(8-11)25-3/h4-5,8H,6-7,9H2,1-3H3,(H,20,24). The van der Waals surface area contributed by atoms with Gasteiger partial charge in [-0.3, -0.25) is 9.59 Å². The molecule has 140 valence electrons. The van der Waals surface area contributed by atoms with E-state index in [2.05, 4.69) is 26.2 Å². The van der Waals surface area contributed by atoms with Crippen LogP contribution >= 0.6 is 15.9 Å². The van der Waals surface area contributed by atoms with E-state index in [-0.39, 0.29) is 24.8 Å².